The Morgan fingerprint density at radius 2 is 1.21 bits per heavy atom. The molecular formula is C14H11F12NO. The van der Waals surface area contributed by atoms with Gasteiger partial charge in [-0.05, 0) is 24.3 Å². The van der Waals surface area contributed by atoms with Crippen LogP contribution in [-0.4, -0.2) is 43.3 Å². The van der Waals surface area contributed by atoms with Crippen molar-refractivity contribution in [1.82, 2.24) is 0 Å². The number of anilines is 1. The number of hydrogen-bond acceptors (Lipinski definition) is 2. The van der Waals surface area contributed by atoms with Crippen LogP contribution >= 0.6 is 0 Å². The molecule has 2 nitrogen and oxygen atoms in total. The summed E-state index contributed by atoms with van der Waals surface area (Å²) in [6.45, 7) is -2.76. The topological polar surface area (TPSA) is 21.3 Å². The summed E-state index contributed by atoms with van der Waals surface area (Å²) in [6.07, 6.45) is -13.6. The van der Waals surface area contributed by atoms with Crippen molar-refractivity contribution >= 4 is 5.69 Å². The van der Waals surface area contributed by atoms with Gasteiger partial charge in [-0.1, -0.05) is 0 Å². The summed E-state index contributed by atoms with van der Waals surface area (Å²) in [4.78, 5) is 0. The molecule has 162 valence electrons. The van der Waals surface area contributed by atoms with Crippen LogP contribution < -0.4 is 10.1 Å². The molecule has 1 rings (SSSR count). The summed E-state index contributed by atoms with van der Waals surface area (Å²) in [7, 11) is 0. The second kappa shape index (κ2) is 7.78. The van der Waals surface area contributed by atoms with Crippen molar-refractivity contribution in [1.29, 1.82) is 0 Å². The van der Waals surface area contributed by atoms with E-state index in [2.05, 4.69) is 4.74 Å². The number of benzene rings is 1. The molecule has 0 spiro atoms. The molecule has 1 aromatic carbocycles. The fourth-order valence-corrected chi connectivity index (χ4v) is 1.73. The maximum absolute atomic E-state index is 13.3. The lowest BCUT2D eigenvalue weighted by atomic mass is 10.0. The van der Waals surface area contributed by atoms with Crippen LogP contribution in [0, 0.1) is 0 Å². The molecule has 0 amide bonds. The molecule has 0 saturated heterocycles. The maximum Gasteiger partial charge on any atom is 0.460 e. The van der Waals surface area contributed by atoms with Crippen LogP contribution in [0.3, 0.4) is 0 Å². The van der Waals surface area contributed by atoms with Crippen molar-refractivity contribution in [3.05, 3.63) is 24.3 Å². The van der Waals surface area contributed by atoms with E-state index in [-0.39, 0.29) is 11.4 Å². The second-order valence-electron chi connectivity index (χ2n) is 5.44. The van der Waals surface area contributed by atoms with Crippen LogP contribution in [0.4, 0.5) is 58.4 Å². The summed E-state index contributed by atoms with van der Waals surface area (Å²) in [5, 5.41) is 1.95. The quantitative estimate of drug-likeness (QED) is 0.512. The summed E-state index contributed by atoms with van der Waals surface area (Å²) >= 11 is 0. The number of halogens is 12. The number of ether oxygens (including phenoxy) is 1. The molecule has 0 atom stereocenters. The Morgan fingerprint density at radius 3 is 1.64 bits per heavy atom. The molecule has 0 heterocycles. The Morgan fingerprint density at radius 1 is 0.714 bits per heavy atom. The van der Waals surface area contributed by atoms with Crippen LogP contribution in [-0.2, 0) is 0 Å². The first kappa shape index (κ1) is 24.0. The number of alkyl halides is 12. The maximum atomic E-state index is 13.3. The van der Waals surface area contributed by atoms with Crippen molar-refractivity contribution in [3.8, 4) is 5.75 Å². The lowest BCUT2D eigenvalue weighted by Crippen LogP contribution is -2.61. The molecule has 0 aliphatic heterocycles. The van der Waals surface area contributed by atoms with Crippen molar-refractivity contribution in [2.24, 2.45) is 0 Å². The minimum atomic E-state index is -6.98. The van der Waals surface area contributed by atoms with E-state index < -0.39 is 49.7 Å². The summed E-state index contributed by atoms with van der Waals surface area (Å²) in [5.74, 6) is -19.8. The molecule has 0 aliphatic carbocycles. The van der Waals surface area contributed by atoms with Crippen LogP contribution in [0.25, 0.3) is 0 Å². The van der Waals surface area contributed by atoms with E-state index >= 15 is 0 Å². The van der Waals surface area contributed by atoms with E-state index in [1.807, 2.05) is 5.32 Å². The first-order chi connectivity index (χ1) is 12.4. The number of hydrogen-bond donors (Lipinski definition) is 1. The molecule has 0 unspecified atom stereocenters. The average Bonchev–Trinajstić information content (AvgIpc) is 2.51. The average molecular weight is 437 g/mol. The standard InChI is InChI=1S/C14H11F12NO/c15-10(16,12(20,21)13(22,23)14(24,25)26)5-6-28-9-3-1-8(2-4-9)27-7-11(17,18)19/h1-4,27H,5-7H2. The summed E-state index contributed by atoms with van der Waals surface area (Å²) in [6, 6.07) is 3.90. The smallest absolute Gasteiger partial charge is 0.460 e. The Kier molecular flexibility index (Phi) is 6.67. The van der Waals surface area contributed by atoms with Crippen LogP contribution in [0.5, 0.6) is 5.75 Å². The van der Waals surface area contributed by atoms with Gasteiger partial charge in [0.15, 0.2) is 0 Å². The third kappa shape index (κ3) is 5.50. The van der Waals surface area contributed by atoms with Crippen molar-refractivity contribution in [2.75, 3.05) is 18.5 Å². The van der Waals surface area contributed by atoms with E-state index in [9.17, 15) is 52.7 Å². The largest absolute Gasteiger partial charge is 0.493 e. The highest BCUT2D eigenvalue weighted by atomic mass is 19.4. The molecule has 0 fully saturated rings. The Bertz CT molecular complexity index is 635. The number of rotatable bonds is 8. The molecule has 28 heavy (non-hydrogen) atoms. The zero-order valence-electron chi connectivity index (χ0n) is 13.4. The van der Waals surface area contributed by atoms with E-state index in [0.717, 1.165) is 24.3 Å². The van der Waals surface area contributed by atoms with Crippen LogP contribution in [0.15, 0.2) is 24.3 Å². The second-order valence-corrected chi connectivity index (χ2v) is 5.44. The van der Waals surface area contributed by atoms with Gasteiger partial charge in [0.05, 0.1) is 13.0 Å². The van der Waals surface area contributed by atoms with Crippen LogP contribution in [0.1, 0.15) is 6.42 Å². The predicted molar refractivity (Wildman–Crippen MR) is 72.0 cm³/mol. The first-order valence-corrected chi connectivity index (χ1v) is 7.14. The molecule has 1 aromatic rings. The molecule has 0 bridgehead atoms. The fraction of sp³-hybridized carbons (Fsp3) is 0.571. The first-order valence-electron chi connectivity index (χ1n) is 7.14. The summed E-state index contributed by atoms with van der Waals surface area (Å²) < 4.78 is 154. The zero-order chi connectivity index (χ0) is 22.0. The van der Waals surface area contributed by atoms with E-state index in [4.69, 9.17) is 0 Å². The summed E-state index contributed by atoms with van der Waals surface area (Å²) in [5.41, 5.74) is -0.0636. The molecule has 0 aliphatic rings. The molecule has 0 radical (unpaired) electrons. The van der Waals surface area contributed by atoms with Gasteiger partial charge in [-0.3, -0.25) is 0 Å². The van der Waals surface area contributed by atoms with Gasteiger partial charge in [0, 0.05) is 5.69 Å². The third-order valence-electron chi connectivity index (χ3n) is 3.24. The molecule has 0 aromatic heterocycles. The molecule has 0 saturated carbocycles. The number of nitrogens with one attached hydrogen (secondary N) is 1. The third-order valence-corrected chi connectivity index (χ3v) is 3.24. The molecular weight excluding hydrogens is 426 g/mol. The van der Waals surface area contributed by atoms with Gasteiger partial charge in [0.1, 0.15) is 12.3 Å². The minimum absolute atomic E-state index is 0.0636. The van der Waals surface area contributed by atoms with Crippen molar-refractivity contribution in [3.63, 3.8) is 0 Å². The minimum Gasteiger partial charge on any atom is -0.493 e. The van der Waals surface area contributed by atoms with Gasteiger partial charge in [0.25, 0.3) is 0 Å². The van der Waals surface area contributed by atoms with Gasteiger partial charge in [-0.25, -0.2) is 0 Å². The molecule has 1 N–H and O–H groups in total. The lowest BCUT2D eigenvalue weighted by molar-refractivity contribution is -0.397. The van der Waals surface area contributed by atoms with Gasteiger partial charge < -0.3 is 10.1 Å². The van der Waals surface area contributed by atoms with E-state index in [0.29, 0.717) is 0 Å². The highest BCUT2D eigenvalue weighted by Crippen LogP contribution is 2.53. The molecule has 14 heteroatoms. The zero-order valence-corrected chi connectivity index (χ0v) is 13.4. The fourth-order valence-electron chi connectivity index (χ4n) is 1.73. The highest BCUT2D eigenvalue weighted by molar-refractivity contribution is 5.46. The van der Waals surface area contributed by atoms with Gasteiger partial charge in [-0.2, -0.15) is 52.7 Å². The van der Waals surface area contributed by atoms with E-state index in [1.54, 1.807) is 0 Å². The Labute approximate surface area is 149 Å². The van der Waals surface area contributed by atoms with Gasteiger partial charge in [0.2, 0.25) is 0 Å². The van der Waals surface area contributed by atoms with Crippen LogP contribution in [0.2, 0.25) is 0 Å². The Hall–Kier alpha value is -2.02. The Balaban J connectivity index is 2.69. The van der Waals surface area contributed by atoms with Gasteiger partial charge >= 0.3 is 30.1 Å². The highest BCUT2D eigenvalue weighted by Gasteiger charge is 2.81. The predicted octanol–water partition coefficient (Wildman–Crippen LogP) is 5.90. The van der Waals surface area contributed by atoms with Crippen molar-refractivity contribution < 1.29 is 57.4 Å². The van der Waals surface area contributed by atoms with Gasteiger partial charge in [-0.15, -0.1) is 0 Å². The lowest BCUT2D eigenvalue weighted by Gasteiger charge is -2.33. The van der Waals surface area contributed by atoms with E-state index in [1.165, 1.54) is 0 Å². The van der Waals surface area contributed by atoms with Crippen molar-refractivity contribution in [2.45, 2.75) is 36.5 Å². The SMILES string of the molecule is FC(F)(F)CNc1ccc(OCCC(F)(F)C(F)(F)C(F)(F)C(F)(F)F)cc1. The normalized spacial score (nSPS) is 14.1. The monoisotopic (exact) mass is 437 g/mol.